The summed E-state index contributed by atoms with van der Waals surface area (Å²) in [5.74, 6) is -2.96. The first kappa shape index (κ1) is 27.1. The van der Waals surface area contributed by atoms with Crippen LogP contribution in [0.1, 0.15) is 10.4 Å². The van der Waals surface area contributed by atoms with Gasteiger partial charge in [0.05, 0.1) is 17.6 Å². The molecule has 3 aromatic carbocycles. The summed E-state index contributed by atoms with van der Waals surface area (Å²) in [7, 11) is 0. The fourth-order valence-electron chi connectivity index (χ4n) is 3.87. The maximum Gasteiger partial charge on any atom is 0.573 e. The lowest BCUT2D eigenvalue weighted by Gasteiger charge is -2.11. The number of fused-ring (bicyclic) bond motifs is 1. The molecule has 0 atom stereocenters. The summed E-state index contributed by atoms with van der Waals surface area (Å²) in [4.78, 5) is 33.6. The fraction of sp³-hybridized carbons (Fsp3) is 0.0370. The molecule has 0 spiro atoms. The quantitative estimate of drug-likeness (QED) is 0.204. The number of hydrogen-bond acceptors (Lipinski definition) is 5. The molecule has 0 aliphatic carbocycles. The number of hydrogen-bond donors (Lipinski definition) is 3. The standard InChI is InChI=1S/C27H17F5N6O3/c28-17-7-8-21(20(29)13-17)36-26(40)35-18-5-1-3-15(11-18)22-14-34-24-23(33-9-10-38(22)24)37-25(39)16-4-2-6-19(12-16)41-27(30,31)32/h1-14H,(H,33,37,39)(H2,35,36,40). The van der Waals surface area contributed by atoms with Crippen molar-refractivity contribution in [3.63, 3.8) is 0 Å². The number of carbonyl (C=O) groups excluding carboxylic acids is 2. The normalized spacial score (nSPS) is 11.2. The van der Waals surface area contributed by atoms with Crippen molar-refractivity contribution in [1.82, 2.24) is 14.4 Å². The highest BCUT2D eigenvalue weighted by molar-refractivity contribution is 6.05. The van der Waals surface area contributed by atoms with Crippen molar-refractivity contribution >= 4 is 34.8 Å². The van der Waals surface area contributed by atoms with Gasteiger partial charge in [0.2, 0.25) is 0 Å². The molecule has 0 unspecified atom stereocenters. The molecule has 5 aromatic rings. The molecule has 3 N–H and O–H groups in total. The molecule has 0 aliphatic heterocycles. The second-order valence-corrected chi connectivity index (χ2v) is 8.43. The van der Waals surface area contributed by atoms with Crippen LogP contribution in [0.3, 0.4) is 0 Å². The smallest absolute Gasteiger partial charge is 0.406 e. The van der Waals surface area contributed by atoms with Gasteiger partial charge in [0.25, 0.3) is 5.91 Å². The van der Waals surface area contributed by atoms with Crippen LogP contribution >= 0.6 is 0 Å². The molecule has 41 heavy (non-hydrogen) atoms. The zero-order chi connectivity index (χ0) is 29.1. The van der Waals surface area contributed by atoms with Crippen LogP contribution in [0.15, 0.2) is 85.3 Å². The number of rotatable bonds is 6. The SMILES string of the molecule is O=C(Nc1cccc(-c2cnc3c(NC(=O)c4cccc(OC(F)(F)F)c4)nccn23)c1)Nc1ccc(F)cc1F. The Kier molecular flexibility index (Phi) is 7.20. The summed E-state index contributed by atoms with van der Waals surface area (Å²) in [5, 5.41) is 7.40. The summed E-state index contributed by atoms with van der Waals surface area (Å²) < 4.78 is 70.1. The second-order valence-electron chi connectivity index (χ2n) is 8.43. The van der Waals surface area contributed by atoms with Crippen molar-refractivity contribution in [3.8, 4) is 17.0 Å². The van der Waals surface area contributed by atoms with E-state index in [1.807, 2.05) is 0 Å². The lowest BCUT2D eigenvalue weighted by Crippen LogP contribution is -2.20. The highest BCUT2D eigenvalue weighted by Crippen LogP contribution is 2.27. The van der Waals surface area contributed by atoms with E-state index in [4.69, 9.17) is 0 Å². The Morgan fingerprint density at radius 1 is 0.878 bits per heavy atom. The van der Waals surface area contributed by atoms with Gasteiger partial charge in [-0.25, -0.2) is 23.5 Å². The molecule has 14 heteroatoms. The van der Waals surface area contributed by atoms with Crippen molar-refractivity contribution in [2.45, 2.75) is 6.36 Å². The maximum absolute atomic E-state index is 13.9. The molecule has 0 fully saturated rings. The van der Waals surface area contributed by atoms with E-state index in [0.29, 0.717) is 23.0 Å². The molecule has 0 bridgehead atoms. The third-order valence-electron chi connectivity index (χ3n) is 5.59. The van der Waals surface area contributed by atoms with Crippen molar-refractivity contribution in [2.75, 3.05) is 16.0 Å². The minimum atomic E-state index is -4.91. The summed E-state index contributed by atoms with van der Waals surface area (Å²) >= 11 is 0. The third kappa shape index (κ3) is 6.38. The van der Waals surface area contributed by atoms with E-state index in [1.165, 1.54) is 24.5 Å². The minimum absolute atomic E-state index is 0.0425. The van der Waals surface area contributed by atoms with Crippen LogP contribution in [0.2, 0.25) is 0 Å². The van der Waals surface area contributed by atoms with Gasteiger partial charge in [0, 0.05) is 35.3 Å². The van der Waals surface area contributed by atoms with Crippen LogP contribution in [0.4, 0.5) is 43.9 Å². The number of aromatic nitrogens is 3. The number of benzene rings is 3. The van der Waals surface area contributed by atoms with Gasteiger partial charge in [-0.15, -0.1) is 13.2 Å². The number of urea groups is 1. The molecule has 5 rings (SSSR count). The summed E-state index contributed by atoms with van der Waals surface area (Å²) in [5.41, 5.74) is 1.43. The van der Waals surface area contributed by atoms with Crippen molar-refractivity contribution in [3.05, 3.63) is 103 Å². The first-order chi connectivity index (χ1) is 19.6. The lowest BCUT2D eigenvalue weighted by atomic mass is 10.1. The topological polar surface area (TPSA) is 110 Å². The van der Waals surface area contributed by atoms with Crippen LogP contribution in [0.5, 0.6) is 5.75 Å². The molecule has 0 aliphatic rings. The molecule has 0 saturated heterocycles. The van der Waals surface area contributed by atoms with Crippen molar-refractivity contribution < 1.29 is 36.3 Å². The number of carbonyl (C=O) groups is 2. The van der Waals surface area contributed by atoms with Gasteiger partial charge in [-0.3, -0.25) is 9.20 Å². The molecule has 9 nitrogen and oxygen atoms in total. The Morgan fingerprint density at radius 3 is 2.46 bits per heavy atom. The molecule has 2 aromatic heterocycles. The van der Waals surface area contributed by atoms with Gasteiger partial charge in [-0.1, -0.05) is 18.2 Å². The highest BCUT2D eigenvalue weighted by atomic mass is 19.4. The lowest BCUT2D eigenvalue weighted by molar-refractivity contribution is -0.274. The number of halogens is 5. The first-order valence-electron chi connectivity index (χ1n) is 11.7. The van der Waals surface area contributed by atoms with Gasteiger partial charge in [-0.2, -0.15) is 0 Å². The molecular formula is C27H17F5N6O3. The van der Waals surface area contributed by atoms with E-state index in [1.54, 1.807) is 34.9 Å². The number of ether oxygens (including phenoxy) is 1. The summed E-state index contributed by atoms with van der Waals surface area (Å²) in [6.45, 7) is 0. The van der Waals surface area contributed by atoms with Crippen molar-refractivity contribution in [1.29, 1.82) is 0 Å². The maximum atomic E-state index is 13.9. The molecular weight excluding hydrogens is 551 g/mol. The molecule has 208 valence electrons. The Balaban J connectivity index is 1.34. The monoisotopic (exact) mass is 568 g/mol. The van der Waals surface area contributed by atoms with Gasteiger partial charge in [0.15, 0.2) is 11.5 Å². The highest BCUT2D eigenvalue weighted by Gasteiger charge is 2.31. The van der Waals surface area contributed by atoms with Crippen LogP contribution < -0.4 is 20.7 Å². The third-order valence-corrected chi connectivity index (χ3v) is 5.59. The number of anilines is 3. The van der Waals surface area contributed by atoms with E-state index >= 15 is 0 Å². The molecule has 0 saturated carbocycles. The van der Waals surface area contributed by atoms with E-state index in [0.717, 1.165) is 24.3 Å². The minimum Gasteiger partial charge on any atom is -0.406 e. The number of nitrogens with one attached hydrogen (secondary N) is 3. The Morgan fingerprint density at radius 2 is 1.68 bits per heavy atom. The van der Waals surface area contributed by atoms with Gasteiger partial charge in [-0.05, 0) is 42.5 Å². The molecule has 0 radical (unpaired) electrons. The Bertz CT molecular complexity index is 1770. The molecule has 3 amide bonds. The predicted molar refractivity (Wildman–Crippen MR) is 139 cm³/mol. The van der Waals surface area contributed by atoms with E-state index in [9.17, 15) is 31.5 Å². The van der Waals surface area contributed by atoms with Gasteiger partial charge >= 0.3 is 12.4 Å². The van der Waals surface area contributed by atoms with Crippen LogP contribution in [-0.2, 0) is 0 Å². The van der Waals surface area contributed by atoms with E-state index in [-0.39, 0.29) is 22.7 Å². The molecule has 2 heterocycles. The average Bonchev–Trinajstić information content (AvgIpc) is 3.35. The summed E-state index contributed by atoms with van der Waals surface area (Å²) in [6.07, 6.45) is -0.442. The second kappa shape index (κ2) is 10.9. The van der Waals surface area contributed by atoms with E-state index < -0.39 is 35.7 Å². The van der Waals surface area contributed by atoms with Gasteiger partial charge < -0.3 is 20.7 Å². The number of imidazole rings is 1. The van der Waals surface area contributed by atoms with Crippen LogP contribution in [0.25, 0.3) is 16.9 Å². The van der Waals surface area contributed by atoms with Crippen molar-refractivity contribution in [2.24, 2.45) is 0 Å². The van der Waals surface area contributed by atoms with Crippen LogP contribution in [-0.4, -0.2) is 32.7 Å². The average molecular weight is 568 g/mol. The Labute approximate surface area is 227 Å². The zero-order valence-corrected chi connectivity index (χ0v) is 20.5. The largest absolute Gasteiger partial charge is 0.573 e. The van der Waals surface area contributed by atoms with Gasteiger partial charge in [0.1, 0.15) is 17.4 Å². The number of amides is 3. The Hall–Kier alpha value is -5.53. The zero-order valence-electron chi connectivity index (χ0n) is 20.5. The number of nitrogens with zero attached hydrogens (tertiary/aromatic N) is 3. The number of alkyl halides is 3. The van der Waals surface area contributed by atoms with Crippen LogP contribution in [0, 0.1) is 11.6 Å². The predicted octanol–water partition coefficient (Wildman–Crippen LogP) is 6.47. The fourth-order valence-corrected chi connectivity index (χ4v) is 3.87. The van der Waals surface area contributed by atoms with E-state index in [2.05, 4.69) is 30.7 Å². The first-order valence-corrected chi connectivity index (χ1v) is 11.7. The summed E-state index contributed by atoms with van der Waals surface area (Å²) in [6, 6.07) is 13.2.